The number of fused-ring (bicyclic) bond motifs is 2. The number of imide groups is 1. The molecule has 230 valence electrons. The molecule has 1 fully saturated rings. The first-order chi connectivity index (χ1) is 20.1. The van der Waals surface area contributed by atoms with Gasteiger partial charge in [0, 0.05) is 23.9 Å². The molecule has 2 aliphatic rings. The van der Waals surface area contributed by atoms with Crippen LogP contribution in [0.15, 0.2) is 24.5 Å². The summed E-state index contributed by atoms with van der Waals surface area (Å²) in [5.41, 5.74) is 0.705. The zero-order chi connectivity index (χ0) is 31.3. The van der Waals surface area contributed by atoms with E-state index >= 15 is 4.39 Å². The van der Waals surface area contributed by atoms with Gasteiger partial charge in [-0.3, -0.25) is 4.79 Å². The van der Waals surface area contributed by atoms with E-state index in [0.29, 0.717) is 24.1 Å². The highest BCUT2D eigenvalue weighted by Crippen LogP contribution is 2.38. The minimum Gasteiger partial charge on any atom is -0.444 e. The van der Waals surface area contributed by atoms with Crippen LogP contribution in [0.5, 0.6) is 0 Å². The minimum atomic E-state index is -0.879. The van der Waals surface area contributed by atoms with Gasteiger partial charge in [-0.25, -0.2) is 28.4 Å². The first-order valence-electron chi connectivity index (χ1n) is 14.2. The summed E-state index contributed by atoms with van der Waals surface area (Å²) in [6.07, 6.45) is 2.27. The number of ether oxygens (including phenoxy) is 3. The number of carbonyl (C=O) groups excluding carboxylic acids is 3. The van der Waals surface area contributed by atoms with Crippen LogP contribution in [-0.4, -0.2) is 74.1 Å². The van der Waals surface area contributed by atoms with E-state index in [4.69, 9.17) is 14.2 Å². The molecule has 3 aromatic rings. The first kappa shape index (κ1) is 30.2. The van der Waals surface area contributed by atoms with Crippen LogP contribution in [0.3, 0.4) is 0 Å². The van der Waals surface area contributed by atoms with Gasteiger partial charge in [0.25, 0.3) is 5.91 Å². The molecular weight excluding hydrogens is 559 g/mol. The molecule has 5 rings (SSSR count). The van der Waals surface area contributed by atoms with Crippen molar-refractivity contribution in [2.24, 2.45) is 0 Å². The molecule has 12 nitrogen and oxygen atoms in total. The van der Waals surface area contributed by atoms with Gasteiger partial charge in [0.2, 0.25) is 0 Å². The van der Waals surface area contributed by atoms with Crippen LogP contribution < -0.4 is 10.6 Å². The molecule has 0 bridgehead atoms. The van der Waals surface area contributed by atoms with E-state index in [9.17, 15) is 14.4 Å². The smallest absolute Gasteiger partial charge is 0.417 e. The third-order valence-electron chi connectivity index (χ3n) is 6.94. The van der Waals surface area contributed by atoms with Crippen molar-refractivity contribution < 1.29 is 33.0 Å². The molecule has 43 heavy (non-hydrogen) atoms. The summed E-state index contributed by atoms with van der Waals surface area (Å²) in [6, 6.07) is 2.75. The number of nitrogens with zero attached hydrogens (tertiary/aromatic N) is 4. The Morgan fingerprint density at radius 3 is 2.53 bits per heavy atom. The van der Waals surface area contributed by atoms with Crippen molar-refractivity contribution in [1.82, 2.24) is 24.8 Å². The van der Waals surface area contributed by atoms with Crippen molar-refractivity contribution in [3.63, 3.8) is 0 Å². The molecule has 0 spiro atoms. The number of alkyl carbamates (subject to hydrolysis) is 1. The lowest BCUT2D eigenvalue weighted by molar-refractivity contribution is 0.0246. The van der Waals surface area contributed by atoms with Gasteiger partial charge in [0.05, 0.1) is 48.2 Å². The van der Waals surface area contributed by atoms with Crippen molar-refractivity contribution >= 4 is 29.4 Å². The van der Waals surface area contributed by atoms with Gasteiger partial charge in [-0.05, 0) is 72.6 Å². The Hall–Kier alpha value is -4.26. The zero-order valence-corrected chi connectivity index (χ0v) is 25.4. The molecule has 1 saturated heterocycles. The Balaban J connectivity index is 1.56. The monoisotopic (exact) mass is 596 g/mol. The Morgan fingerprint density at radius 2 is 1.84 bits per heavy atom. The standard InChI is InChI=1S/C30H37FN6O6/c1-16-8-10-37-21(12-16)17(13-32-37)24-22-18(14-36(26(22)38)28(40)43-30(5,6)7)23(31)25(35-24)33-19-9-11-41-15-20(19)34-27(39)42-29(2,3)4/h8,10,12-13,19-20H,9,11,14-15H2,1-7H3,(H,33,35)(H,34,39)/t19-,20+/m1/s1. The highest BCUT2D eigenvalue weighted by atomic mass is 19.1. The van der Waals surface area contributed by atoms with E-state index in [2.05, 4.69) is 20.7 Å². The Morgan fingerprint density at radius 1 is 1.12 bits per heavy atom. The number of halogens is 1. The van der Waals surface area contributed by atoms with E-state index in [1.54, 1.807) is 58.5 Å². The number of aromatic nitrogens is 3. The fraction of sp³-hybridized carbons (Fsp3) is 0.500. The average molecular weight is 597 g/mol. The lowest BCUT2D eigenvalue weighted by atomic mass is 10.0. The molecule has 0 unspecified atom stereocenters. The van der Waals surface area contributed by atoms with Gasteiger partial charge in [0.15, 0.2) is 11.6 Å². The number of anilines is 1. The summed E-state index contributed by atoms with van der Waals surface area (Å²) in [5, 5.41) is 10.4. The van der Waals surface area contributed by atoms with Crippen molar-refractivity contribution in [1.29, 1.82) is 0 Å². The summed E-state index contributed by atoms with van der Waals surface area (Å²) < 4.78 is 34.3. The minimum absolute atomic E-state index is 0.0130. The second-order valence-corrected chi connectivity index (χ2v) is 12.8. The fourth-order valence-corrected chi connectivity index (χ4v) is 5.07. The highest BCUT2D eigenvalue weighted by molar-refractivity contribution is 6.11. The number of aryl methyl sites for hydroxylation is 1. The van der Waals surface area contributed by atoms with Crippen LogP contribution in [0, 0.1) is 12.7 Å². The fourth-order valence-electron chi connectivity index (χ4n) is 5.07. The summed E-state index contributed by atoms with van der Waals surface area (Å²) in [4.78, 5) is 44.7. The lowest BCUT2D eigenvalue weighted by Gasteiger charge is -2.33. The van der Waals surface area contributed by atoms with Gasteiger partial charge < -0.3 is 24.8 Å². The summed E-state index contributed by atoms with van der Waals surface area (Å²) in [7, 11) is 0. The molecule has 5 heterocycles. The van der Waals surface area contributed by atoms with Crippen LogP contribution in [0.2, 0.25) is 0 Å². The maximum absolute atomic E-state index is 16.3. The number of nitrogens with one attached hydrogen (secondary N) is 2. The first-order valence-corrected chi connectivity index (χ1v) is 14.2. The molecule has 2 N–H and O–H groups in total. The quantitative estimate of drug-likeness (QED) is 0.434. The Labute approximate surface area is 248 Å². The molecule has 0 aromatic carbocycles. The van der Waals surface area contributed by atoms with Crippen LogP contribution in [0.25, 0.3) is 16.8 Å². The number of hydrogen-bond donors (Lipinski definition) is 2. The van der Waals surface area contributed by atoms with Crippen LogP contribution in [0.4, 0.5) is 19.8 Å². The molecule has 3 amide bonds. The van der Waals surface area contributed by atoms with Crippen molar-refractivity contribution in [2.45, 2.75) is 84.7 Å². The molecule has 13 heteroatoms. The summed E-state index contributed by atoms with van der Waals surface area (Å²) in [5.74, 6) is -1.60. The second-order valence-electron chi connectivity index (χ2n) is 12.8. The average Bonchev–Trinajstić information content (AvgIpc) is 3.46. The van der Waals surface area contributed by atoms with E-state index in [0.717, 1.165) is 10.5 Å². The van der Waals surface area contributed by atoms with Gasteiger partial charge in [-0.15, -0.1) is 0 Å². The molecule has 0 aliphatic carbocycles. The molecule has 0 saturated carbocycles. The van der Waals surface area contributed by atoms with E-state index in [1.807, 2.05) is 19.1 Å². The van der Waals surface area contributed by atoms with E-state index in [-0.39, 0.29) is 35.8 Å². The highest BCUT2D eigenvalue weighted by Gasteiger charge is 2.41. The maximum Gasteiger partial charge on any atom is 0.417 e. The van der Waals surface area contributed by atoms with Crippen molar-refractivity contribution in [2.75, 3.05) is 18.5 Å². The Kier molecular flexibility index (Phi) is 7.80. The third-order valence-corrected chi connectivity index (χ3v) is 6.94. The number of hydrogen-bond acceptors (Lipinski definition) is 9. The molecule has 0 radical (unpaired) electrons. The largest absolute Gasteiger partial charge is 0.444 e. The van der Waals surface area contributed by atoms with Gasteiger partial charge >= 0.3 is 12.2 Å². The number of carbonyl (C=O) groups is 3. The maximum atomic E-state index is 16.3. The normalized spacial score (nSPS) is 18.9. The topological polar surface area (TPSA) is 136 Å². The number of rotatable bonds is 4. The SMILES string of the molecule is Cc1ccn2ncc(-c3nc(N[C@@H]4CCOC[C@@H]4NC(=O)OC(C)(C)C)c(F)c4c3C(=O)N(C(=O)OC(C)(C)C)C4)c2c1. The zero-order valence-electron chi connectivity index (χ0n) is 25.4. The summed E-state index contributed by atoms with van der Waals surface area (Å²) in [6.45, 7) is 12.5. The van der Waals surface area contributed by atoms with E-state index in [1.165, 1.54) is 0 Å². The molecule has 3 aromatic heterocycles. The van der Waals surface area contributed by atoms with Crippen LogP contribution in [-0.2, 0) is 20.8 Å². The predicted molar refractivity (Wildman–Crippen MR) is 155 cm³/mol. The molecule has 2 atom stereocenters. The van der Waals surface area contributed by atoms with Crippen LogP contribution >= 0.6 is 0 Å². The third kappa shape index (κ3) is 6.41. The number of amides is 3. The molecular formula is C30H37FN6O6. The Bertz CT molecular complexity index is 1590. The van der Waals surface area contributed by atoms with E-state index < -0.39 is 47.2 Å². The molecule has 2 aliphatic heterocycles. The van der Waals surface area contributed by atoms with Gasteiger partial charge in [-0.2, -0.15) is 5.10 Å². The van der Waals surface area contributed by atoms with Crippen molar-refractivity contribution in [3.8, 4) is 11.3 Å². The summed E-state index contributed by atoms with van der Waals surface area (Å²) >= 11 is 0. The van der Waals surface area contributed by atoms with Gasteiger partial charge in [0.1, 0.15) is 11.2 Å². The van der Waals surface area contributed by atoms with Crippen LogP contribution in [0.1, 0.15) is 69.4 Å². The van der Waals surface area contributed by atoms with Crippen molar-refractivity contribution in [3.05, 3.63) is 47.0 Å². The number of pyridine rings is 2. The van der Waals surface area contributed by atoms with Gasteiger partial charge in [-0.1, -0.05) is 0 Å². The lowest BCUT2D eigenvalue weighted by Crippen LogP contribution is -2.53. The second kappa shape index (κ2) is 11.1. The predicted octanol–water partition coefficient (Wildman–Crippen LogP) is 4.83.